The highest BCUT2D eigenvalue weighted by molar-refractivity contribution is 6.32. The predicted octanol–water partition coefficient (Wildman–Crippen LogP) is 4.50. The van der Waals surface area contributed by atoms with Gasteiger partial charge in [0.25, 0.3) is 0 Å². The van der Waals surface area contributed by atoms with Gasteiger partial charge < -0.3 is 9.67 Å². The standard InChI is InChI=1S/C17H12ClNO2/c18-15-6-1-2-7-16(15)19-9-8-14(11-19)12-4-3-5-13(10-12)17(20)21/h1-11H,(H,20,21). The third kappa shape index (κ3) is 2.69. The van der Waals surface area contributed by atoms with E-state index in [4.69, 9.17) is 16.7 Å². The van der Waals surface area contributed by atoms with Gasteiger partial charge in [-0.15, -0.1) is 0 Å². The third-order valence-electron chi connectivity index (χ3n) is 3.27. The molecular weight excluding hydrogens is 286 g/mol. The van der Waals surface area contributed by atoms with E-state index in [-0.39, 0.29) is 5.56 Å². The monoisotopic (exact) mass is 297 g/mol. The molecule has 0 saturated heterocycles. The second-order valence-corrected chi connectivity index (χ2v) is 5.05. The molecule has 104 valence electrons. The largest absolute Gasteiger partial charge is 0.478 e. The van der Waals surface area contributed by atoms with E-state index in [0.29, 0.717) is 5.02 Å². The number of rotatable bonds is 3. The molecule has 0 atom stereocenters. The maximum Gasteiger partial charge on any atom is 0.335 e. The van der Waals surface area contributed by atoms with Crippen molar-refractivity contribution in [3.05, 3.63) is 77.6 Å². The van der Waals surface area contributed by atoms with E-state index in [0.717, 1.165) is 16.8 Å². The van der Waals surface area contributed by atoms with Gasteiger partial charge in [0.15, 0.2) is 0 Å². The van der Waals surface area contributed by atoms with Gasteiger partial charge in [-0.25, -0.2) is 4.79 Å². The highest BCUT2D eigenvalue weighted by atomic mass is 35.5. The molecule has 0 aliphatic carbocycles. The number of nitrogens with zero attached hydrogens (tertiary/aromatic N) is 1. The van der Waals surface area contributed by atoms with Crippen LogP contribution >= 0.6 is 11.6 Å². The molecule has 21 heavy (non-hydrogen) atoms. The molecule has 1 heterocycles. The lowest BCUT2D eigenvalue weighted by atomic mass is 10.1. The van der Waals surface area contributed by atoms with Crippen LogP contribution in [-0.2, 0) is 0 Å². The van der Waals surface area contributed by atoms with Crippen molar-refractivity contribution < 1.29 is 9.90 Å². The normalized spacial score (nSPS) is 10.5. The van der Waals surface area contributed by atoms with E-state index >= 15 is 0 Å². The molecule has 0 amide bonds. The van der Waals surface area contributed by atoms with Crippen LogP contribution in [0.25, 0.3) is 16.8 Å². The Kier molecular flexibility index (Phi) is 3.50. The van der Waals surface area contributed by atoms with Gasteiger partial charge in [0.1, 0.15) is 0 Å². The summed E-state index contributed by atoms with van der Waals surface area (Å²) in [5, 5.41) is 9.72. The summed E-state index contributed by atoms with van der Waals surface area (Å²) in [5.74, 6) is -0.928. The average molecular weight is 298 g/mol. The Morgan fingerprint density at radius 1 is 1.00 bits per heavy atom. The molecular formula is C17H12ClNO2. The fourth-order valence-corrected chi connectivity index (χ4v) is 2.44. The van der Waals surface area contributed by atoms with Crippen molar-refractivity contribution in [3.8, 4) is 16.8 Å². The van der Waals surface area contributed by atoms with Crippen LogP contribution < -0.4 is 0 Å². The van der Waals surface area contributed by atoms with E-state index in [1.54, 1.807) is 18.2 Å². The summed E-state index contributed by atoms with van der Waals surface area (Å²) in [5.41, 5.74) is 2.97. The zero-order valence-electron chi connectivity index (χ0n) is 11.0. The van der Waals surface area contributed by atoms with Gasteiger partial charge in [-0.1, -0.05) is 35.9 Å². The average Bonchev–Trinajstić information content (AvgIpc) is 2.97. The zero-order valence-corrected chi connectivity index (χ0v) is 11.8. The Labute approximate surface area is 127 Å². The first-order chi connectivity index (χ1) is 10.1. The van der Waals surface area contributed by atoms with E-state index in [9.17, 15) is 4.79 Å². The molecule has 1 N–H and O–H groups in total. The molecule has 0 aliphatic heterocycles. The highest BCUT2D eigenvalue weighted by Gasteiger charge is 2.07. The number of aromatic carboxylic acids is 1. The highest BCUT2D eigenvalue weighted by Crippen LogP contribution is 2.25. The number of para-hydroxylation sites is 1. The Morgan fingerprint density at radius 3 is 2.57 bits per heavy atom. The number of hydrogen-bond donors (Lipinski definition) is 1. The minimum absolute atomic E-state index is 0.276. The maximum atomic E-state index is 11.0. The van der Waals surface area contributed by atoms with Gasteiger partial charge in [0.05, 0.1) is 16.3 Å². The fourth-order valence-electron chi connectivity index (χ4n) is 2.21. The second kappa shape index (κ2) is 5.46. The van der Waals surface area contributed by atoms with Crippen LogP contribution in [0.15, 0.2) is 67.0 Å². The van der Waals surface area contributed by atoms with Crippen molar-refractivity contribution in [2.45, 2.75) is 0 Å². The SMILES string of the molecule is O=C(O)c1cccc(-c2ccn(-c3ccccc3Cl)c2)c1. The number of aromatic nitrogens is 1. The van der Waals surface area contributed by atoms with Crippen molar-refractivity contribution in [2.24, 2.45) is 0 Å². The van der Waals surface area contributed by atoms with Gasteiger partial charge in [-0.3, -0.25) is 0 Å². The maximum absolute atomic E-state index is 11.0. The summed E-state index contributed by atoms with van der Waals surface area (Å²) in [6.07, 6.45) is 3.84. The molecule has 0 unspecified atom stereocenters. The quantitative estimate of drug-likeness (QED) is 0.773. The van der Waals surface area contributed by atoms with Gasteiger partial charge in [0, 0.05) is 12.4 Å². The number of carbonyl (C=O) groups is 1. The van der Waals surface area contributed by atoms with Crippen LogP contribution in [0.1, 0.15) is 10.4 Å². The lowest BCUT2D eigenvalue weighted by Gasteiger charge is -2.05. The molecule has 4 heteroatoms. The Hall–Kier alpha value is -2.52. The first-order valence-corrected chi connectivity index (χ1v) is 6.79. The number of benzene rings is 2. The first-order valence-electron chi connectivity index (χ1n) is 6.42. The molecule has 0 spiro atoms. The van der Waals surface area contributed by atoms with Gasteiger partial charge in [-0.2, -0.15) is 0 Å². The molecule has 2 aromatic carbocycles. The van der Waals surface area contributed by atoms with Gasteiger partial charge in [0.2, 0.25) is 0 Å². The predicted molar refractivity (Wildman–Crippen MR) is 83.2 cm³/mol. The number of carboxylic acids is 1. The summed E-state index contributed by atoms with van der Waals surface area (Å²) in [4.78, 5) is 11.0. The molecule has 0 aliphatic rings. The summed E-state index contributed by atoms with van der Waals surface area (Å²) in [7, 11) is 0. The van der Waals surface area contributed by atoms with Crippen molar-refractivity contribution in [2.75, 3.05) is 0 Å². The molecule has 0 bridgehead atoms. The van der Waals surface area contributed by atoms with E-state index < -0.39 is 5.97 Å². The summed E-state index contributed by atoms with van der Waals surface area (Å²) in [6, 6.07) is 16.4. The Morgan fingerprint density at radius 2 is 1.81 bits per heavy atom. The molecule has 1 aromatic heterocycles. The lowest BCUT2D eigenvalue weighted by Crippen LogP contribution is -1.95. The third-order valence-corrected chi connectivity index (χ3v) is 3.59. The summed E-state index contributed by atoms with van der Waals surface area (Å²) in [6.45, 7) is 0. The summed E-state index contributed by atoms with van der Waals surface area (Å²) >= 11 is 6.18. The number of carboxylic acid groups (broad SMARTS) is 1. The van der Waals surface area contributed by atoms with Crippen molar-refractivity contribution >= 4 is 17.6 Å². The van der Waals surface area contributed by atoms with Crippen LogP contribution in [0, 0.1) is 0 Å². The van der Waals surface area contributed by atoms with Crippen LogP contribution in [0.4, 0.5) is 0 Å². The molecule has 0 saturated carbocycles. The topological polar surface area (TPSA) is 42.2 Å². The summed E-state index contributed by atoms with van der Waals surface area (Å²) < 4.78 is 1.92. The van der Waals surface area contributed by atoms with Crippen molar-refractivity contribution in [1.82, 2.24) is 4.57 Å². The second-order valence-electron chi connectivity index (χ2n) is 4.64. The molecule has 3 aromatic rings. The number of hydrogen-bond acceptors (Lipinski definition) is 1. The van der Waals surface area contributed by atoms with E-state index in [1.807, 2.05) is 53.4 Å². The zero-order chi connectivity index (χ0) is 14.8. The van der Waals surface area contributed by atoms with Crippen LogP contribution in [0.2, 0.25) is 5.02 Å². The molecule has 3 nitrogen and oxygen atoms in total. The van der Waals surface area contributed by atoms with E-state index in [2.05, 4.69) is 0 Å². The van der Waals surface area contributed by atoms with Crippen LogP contribution in [-0.4, -0.2) is 15.6 Å². The van der Waals surface area contributed by atoms with Crippen LogP contribution in [0.3, 0.4) is 0 Å². The van der Waals surface area contributed by atoms with Crippen LogP contribution in [0.5, 0.6) is 0 Å². The molecule has 0 fully saturated rings. The molecule has 3 rings (SSSR count). The Balaban J connectivity index is 2.01. The lowest BCUT2D eigenvalue weighted by molar-refractivity contribution is 0.0697. The minimum atomic E-state index is -0.928. The fraction of sp³-hybridized carbons (Fsp3) is 0. The van der Waals surface area contributed by atoms with Crippen molar-refractivity contribution in [1.29, 1.82) is 0 Å². The van der Waals surface area contributed by atoms with Gasteiger partial charge >= 0.3 is 5.97 Å². The Bertz CT molecular complexity index is 808. The van der Waals surface area contributed by atoms with Gasteiger partial charge in [-0.05, 0) is 41.5 Å². The first kappa shape index (κ1) is 13.5. The molecule has 0 radical (unpaired) electrons. The number of halogens is 1. The van der Waals surface area contributed by atoms with E-state index in [1.165, 1.54) is 0 Å². The van der Waals surface area contributed by atoms with Crippen molar-refractivity contribution in [3.63, 3.8) is 0 Å². The smallest absolute Gasteiger partial charge is 0.335 e. The minimum Gasteiger partial charge on any atom is -0.478 e.